The van der Waals surface area contributed by atoms with E-state index in [1.54, 1.807) is 12.1 Å². The van der Waals surface area contributed by atoms with Crippen molar-refractivity contribution in [2.45, 2.75) is 37.6 Å². The molecule has 0 aliphatic carbocycles. The standard InChI is InChI=1S/C22H28N2O4S/c1-17-8-11-20(29(26,27)24-12-14-28-15-13-24)16-21(17)22(25)23-18(2)9-10-19-6-4-3-5-7-19/h3-8,11,16,18H,9-10,12-15H2,1-2H3,(H,23,25)/t18-/m1/s1. The molecule has 2 aromatic carbocycles. The Labute approximate surface area is 172 Å². The second-order valence-electron chi connectivity index (χ2n) is 7.39. The zero-order valence-electron chi connectivity index (χ0n) is 16.9. The van der Waals surface area contributed by atoms with E-state index in [2.05, 4.69) is 17.4 Å². The fourth-order valence-corrected chi connectivity index (χ4v) is 4.78. The SMILES string of the molecule is Cc1ccc(S(=O)(=O)N2CCOCC2)cc1C(=O)N[C@H](C)CCc1ccccc1. The summed E-state index contributed by atoms with van der Waals surface area (Å²) >= 11 is 0. The van der Waals surface area contributed by atoms with Gasteiger partial charge in [0.2, 0.25) is 10.0 Å². The van der Waals surface area contributed by atoms with Crippen molar-refractivity contribution < 1.29 is 17.9 Å². The topological polar surface area (TPSA) is 75.7 Å². The minimum absolute atomic E-state index is 0.0263. The van der Waals surface area contributed by atoms with Crippen LogP contribution in [0.2, 0.25) is 0 Å². The number of hydrogen-bond acceptors (Lipinski definition) is 4. The fraction of sp³-hybridized carbons (Fsp3) is 0.409. The number of nitrogens with zero attached hydrogens (tertiary/aromatic N) is 1. The van der Waals surface area contributed by atoms with Gasteiger partial charge in [0.25, 0.3) is 5.91 Å². The van der Waals surface area contributed by atoms with E-state index < -0.39 is 10.0 Å². The largest absolute Gasteiger partial charge is 0.379 e. The summed E-state index contributed by atoms with van der Waals surface area (Å²) in [5.74, 6) is -0.248. The lowest BCUT2D eigenvalue weighted by molar-refractivity contribution is 0.0730. The first kappa shape index (κ1) is 21.5. The van der Waals surface area contributed by atoms with E-state index in [4.69, 9.17) is 4.74 Å². The molecule has 1 N–H and O–H groups in total. The van der Waals surface area contributed by atoms with Gasteiger partial charge in [0.1, 0.15) is 0 Å². The summed E-state index contributed by atoms with van der Waals surface area (Å²) in [6.45, 7) is 5.20. The Bertz CT molecular complexity index is 939. The highest BCUT2D eigenvalue weighted by atomic mass is 32.2. The molecule has 0 unspecified atom stereocenters. The number of carbonyl (C=O) groups is 1. The lowest BCUT2D eigenvalue weighted by Gasteiger charge is -2.26. The van der Waals surface area contributed by atoms with Crippen molar-refractivity contribution in [1.29, 1.82) is 0 Å². The molecule has 1 atom stereocenters. The van der Waals surface area contributed by atoms with E-state index in [1.165, 1.54) is 15.9 Å². The van der Waals surface area contributed by atoms with Crippen LogP contribution in [0.3, 0.4) is 0 Å². The molecule has 1 saturated heterocycles. The third-order valence-corrected chi connectivity index (χ3v) is 7.04. The maximum Gasteiger partial charge on any atom is 0.251 e. The van der Waals surface area contributed by atoms with Crippen molar-refractivity contribution in [3.63, 3.8) is 0 Å². The molecule has 7 heteroatoms. The third-order valence-electron chi connectivity index (χ3n) is 5.15. The molecule has 1 aliphatic heterocycles. The average molecular weight is 417 g/mol. The van der Waals surface area contributed by atoms with Crippen molar-refractivity contribution >= 4 is 15.9 Å². The quantitative estimate of drug-likeness (QED) is 0.753. The van der Waals surface area contributed by atoms with Gasteiger partial charge in [0, 0.05) is 24.7 Å². The monoisotopic (exact) mass is 416 g/mol. The van der Waals surface area contributed by atoms with Crippen molar-refractivity contribution in [2.75, 3.05) is 26.3 Å². The lowest BCUT2D eigenvalue weighted by Crippen LogP contribution is -2.40. The molecule has 0 aromatic heterocycles. The summed E-state index contributed by atoms with van der Waals surface area (Å²) < 4.78 is 32.4. The highest BCUT2D eigenvalue weighted by Crippen LogP contribution is 2.21. The minimum Gasteiger partial charge on any atom is -0.379 e. The van der Waals surface area contributed by atoms with Crippen molar-refractivity contribution in [3.05, 3.63) is 65.2 Å². The van der Waals surface area contributed by atoms with Gasteiger partial charge >= 0.3 is 0 Å². The van der Waals surface area contributed by atoms with Gasteiger partial charge in [-0.05, 0) is 49.9 Å². The van der Waals surface area contributed by atoms with Gasteiger partial charge < -0.3 is 10.1 Å². The molecule has 1 amide bonds. The summed E-state index contributed by atoms with van der Waals surface area (Å²) in [6, 6.07) is 14.8. The molecule has 3 rings (SSSR count). The highest BCUT2D eigenvalue weighted by molar-refractivity contribution is 7.89. The predicted molar refractivity (Wildman–Crippen MR) is 112 cm³/mol. The first-order valence-corrected chi connectivity index (χ1v) is 11.4. The molecule has 1 fully saturated rings. The van der Waals surface area contributed by atoms with Crippen LogP contribution in [0.4, 0.5) is 0 Å². The van der Waals surface area contributed by atoms with E-state index in [9.17, 15) is 13.2 Å². The number of hydrogen-bond donors (Lipinski definition) is 1. The van der Waals surface area contributed by atoms with E-state index in [0.29, 0.717) is 31.9 Å². The van der Waals surface area contributed by atoms with Crippen molar-refractivity contribution in [3.8, 4) is 0 Å². The molecular formula is C22H28N2O4S. The number of carbonyl (C=O) groups excluding carboxylic acids is 1. The van der Waals surface area contributed by atoms with Crippen LogP contribution < -0.4 is 5.32 Å². The van der Waals surface area contributed by atoms with Gasteiger partial charge in [-0.25, -0.2) is 8.42 Å². The van der Waals surface area contributed by atoms with Gasteiger partial charge in [-0.3, -0.25) is 4.79 Å². The number of amides is 1. The zero-order valence-corrected chi connectivity index (χ0v) is 17.7. The number of rotatable bonds is 7. The summed E-state index contributed by atoms with van der Waals surface area (Å²) in [5, 5.41) is 3.00. The van der Waals surface area contributed by atoms with Crippen LogP contribution in [0.1, 0.15) is 34.8 Å². The van der Waals surface area contributed by atoms with Gasteiger partial charge in [-0.15, -0.1) is 0 Å². The van der Waals surface area contributed by atoms with Crippen LogP contribution in [0.15, 0.2) is 53.4 Å². The van der Waals surface area contributed by atoms with Crippen LogP contribution in [0.5, 0.6) is 0 Å². The Morgan fingerprint density at radius 3 is 2.52 bits per heavy atom. The summed E-state index contributed by atoms with van der Waals surface area (Å²) in [5.41, 5.74) is 2.37. The zero-order chi connectivity index (χ0) is 20.9. The van der Waals surface area contributed by atoms with E-state index >= 15 is 0 Å². The first-order valence-electron chi connectivity index (χ1n) is 9.91. The van der Waals surface area contributed by atoms with Crippen molar-refractivity contribution in [1.82, 2.24) is 9.62 Å². The first-order chi connectivity index (χ1) is 13.9. The predicted octanol–water partition coefficient (Wildman–Crippen LogP) is 2.77. The number of sulfonamides is 1. The molecule has 6 nitrogen and oxygen atoms in total. The van der Waals surface area contributed by atoms with E-state index in [0.717, 1.165) is 18.4 Å². The normalized spacial score (nSPS) is 16.3. The van der Waals surface area contributed by atoms with Crippen LogP contribution >= 0.6 is 0 Å². The Morgan fingerprint density at radius 2 is 1.83 bits per heavy atom. The summed E-state index contributed by atoms with van der Waals surface area (Å²) in [6.07, 6.45) is 1.67. The molecule has 0 radical (unpaired) electrons. The lowest BCUT2D eigenvalue weighted by atomic mass is 10.0. The van der Waals surface area contributed by atoms with Gasteiger partial charge in [0.15, 0.2) is 0 Å². The van der Waals surface area contributed by atoms with Crippen LogP contribution in [0, 0.1) is 6.92 Å². The Balaban J connectivity index is 1.69. The summed E-state index contributed by atoms with van der Waals surface area (Å²) in [4.78, 5) is 12.9. The van der Waals surface area contributed by atoms with E-state index in [1.807, 2.05) is 32.0 Å². The second-order valence-corrected chi connectivity index (χ2v) is 9.33. The Morgan fingerprint density at radius 1 is 1.14 bits per heavy atom. The summed E-state index contributed by atoms with van der Waals surface area (Å²) in [7, 11) is -3.64. The smallest absolute Gasteiger partial charge is 0.251 e. The molecular weight excluding hydrogens is 388 g/mol. The van der Waals surface area contributed by atoms with Crippen LogP contribution in [-0.4, -0.2) is 51.0 Å². The number of ether oxygens (including phenoxy) is 1. The van der Waals surface area contributed by atoms with Crippen molar-refractivity contribution in [2.24, 2.45) is 0 Å². The van der Waals surface area contributed by atoms with Gasteiger partial charge in [-0.2, -0.15) is 4.31 Å². The average Bonchev–Trinajstić information content (AvgIpc) is 2.73. The Kier molecular flexibility index (Phi) is 7.05. The second kappa shape index (κ2) is 9.52. The molecule has 29 heavy (non-hydrogen) atoms. The minimum atomic E-state index is -3.64. The Hall–Kier alpha value is -2.22. The molecule has 2 aromatic rings. The fourth-order valence-electron chi connectivity index (χ4n) is 3.34. The molecule has 1 heterocycles. The van der Waals surface area contributed by atoms with Crippen LogP contribution in [0.25, 0.3) is 0 Å². The number of morpholine rings is 1. The van der Waals surface area contributed by atoms with Crippen LogP contribution in [-0.2, 0) is 21.2 Å². The number of nitrogens with one attached hydrogen (secondary N) is 1. The maximum atomic E-state index is 12.9. The van der Waals surface area contributed by atoms with Gasteiger partial charge in [-0.1, -0.05) is 36.4 Å². The highest BCUT2D eigenvalue weighted by Gasteiger charge is 2.27. The molecule has 0 spiro atoms. The molecule has 156 valence electrons. The van der Waals surface area contributed by atoms with Gasteiger partial charge in [0.05, 0.1) is 18.1 Å². The molecule has 0 bridgehead atoms. The third kappa shape index (κ3) is 5.44. The maximum absolute atomic E-state index is 12.9. The molecule has 1 aliphatic rings. The molecule has 0 saturated carbocycles. The number of benzene rings is 2. The number of aryl methyl sites for hydroxylation is 2. The van der Waals surface area contributed by atoms with E-state index in [-0.39, 0.29) is 16.8 Å².